The van der Waals surface area contributed by atoms with Crippen molar-refractivity contribution in [2.24, 2.45) is 0 Å². The number of carbonyl (C=O) groups excluding carboxylic acids is 3. The third-order valence-corrected chi connectivity index (χ3v) is 17.8. The number of rotatable bonds is 8. The van der Waals surface area contributed by atoms with Crippen LogP contribution in [0.1, 0.15) is 170 Å². The number of piperidine rings is 6. The van der Waals surface area contributed by atoms with Crippen molar-refractivity contribution in [2.45, 2.75) is 178 Å². The number of halogens is 9. The number of benzene rings is 3. The fourth-order valence-corrected chi connectivity index (χ4v) is 12.8. The van der Waals surface area contributed by atoms with Crippen molar-refractivity contribution in [1.29, 1.82) is 0 Å². The first-order valence-corrected chi connectivity index (χ1v) is 31.0. The van der Waals surface area contributed by atoms with Gasteiger partial charge >= 0.3 is 30.7 Å². The zero-order chi connectivity index (χ0) is 63.8. The molecule has 0 saturated carbocycles. The molecule has 0 radical (unpaired) electrons. The highest BCUT2D eigenvalue weighted by Gasteiger charge is 2.38. The number of alkyl halides is 9. The van der Waals surface area contributed by atoms with Gasteiger partial charge in [-0.15, -0.1) is 0 Å². The molecule has 0 aliphatic carbocycles. The fraction of sp³-hybridized carbons (Fsp3) is 0.677. The first kappa shape index (κ1) is 69.0. The van der Waals surface area contributed by atoms with Crippen LogP contribution in [0.4, 0.5) is 66.2 Å². The summed E-state index contributed by atoms with van der Waals surface area (Å²) in [5.74, 6) is 0.673. The van der Waals surface area contributed by atoms with Gasteiger partial charge in [0.1, 0.15) is 17.0 Å². The number of amides is 2. The van der Waals surface area contributed by atoms with Crippen LogP contribution < -0.4 is 20.0 Å². The van der Waals surface area contributed by atoms with Gasteiger partial charge in [0.25, 0.3) is 0 Å². The van der Waals surface area contributed by atoms with E-state index >= 15 is 0 Å². The van der Waals surface area contributed by atoms with Crippen LogP contribution in [0.15, 0.2) is 54.6 Å². The van der Waals surface area contributed by atoms with E-state index in [2.05, 4.69) is 53.1 Å². The van der Waals surface area contributed by atoms with Crippen molar-refractivity contribution in [3.8, 4) is 0 Å². The molecule has 6 aliphatic rings. The van der Waals surface area contributed by atoms with Crippen LogP contribution in [0.3, 0.4) is 0 Å². The number of carbonyl (C=O) groups is 3. The largest absolute Gasteiger partial charge is 0.444 e. The zero-order valence-corrected chi connectivity index (χ0v) is 52.6. The molecule has 3 aromatic carbocycles. The average Bonchev–Trinajstić information content (AvgIpc) is 1.06. The standard InChI is InChI=1S/C24H36F3N3O2.C22H29F3N2O3.C19H28F3N3/c1-23(2,3)32-22(31)30-12-8-17(9-13-30)20-7-6-18(24(25,26)27)16-21(20)29-14-10-19(11-15-29)28(4)5;1-21(2,3)30-20(29)27-10-6-15(7-11-27)18-5-4-16(22(23,24)25)14-19(18)26-12-8-17(28)9-13-26;1-24(2)16-7-11-25(12-8-16)18-13-15(19(20,21)22)3-4-17(18)14-5-9-23-10-6-14/h6-7,16-17,19H,8-15H2,1-5H3;4-5,14-15H,6-13H2,1-3H3;3-4,13-14,16,23H,5-12H2,1-2H3. The Morgan fingerprint density at radius 2 is 0.724 bits per heavy atom. The van der Waals surface area contributed by atoms with Crippen molar-refractivity contribution < 1.29 is 63.4 Å². The third kappa shape index (κ3) is 19.5. The Bertz CT molecular complexity index is 2730. The van der Waals surface area contributed by atoms with Crippen LogP contribution >= 0.6 is 0 Å². The number of hydrogen-bond acceptors (Lipinski definition) is 11. The van der Waals surface area contributed by atoms with E-state index in [1.807, 2.05) is 46.4 Å². The fourth-order valence-electron chi connectivity index (χ4n) is 12.8. The van der Waals surface area contributed by atoms with E-state index in [9.17, 15) is 53.9 Å². The summed E-state index contributed by atoms with van der Waals surface area (Å²) in [6.45, 7) is 18.9. The number of anilines is 3. The molecule has 3 aromatic rings. The summed E-state index contributed by atoms with van der Waals surface area (Å²) in [5, 5.41) is 3.34. The molecule has 6 saturated heterocycles. The minimum absolute atomic E-state index is 0.0543. The van der Waals surface area contributed by atoms with Gasteiger partial charge in [0.2, 0.25) is 0 Å². The van der Waals surface area contributed by atoms with E-state index in [4.69, 9.17) is 9.47 Å². The molecule has 0 unspecified atom stereocenters. The third-order valence-electron chi connectivity index (χ3n) is 17.8. The Labute approximate surface area is 509 Å². The zero-order valence-electron chi connectivity index (χ0n) is 52.6. The molecule has 87 heavy (non-hydrogen) atoms. The van der Waals surface area contributed by atoms with Gasteiger partial charge in [-0.2, -0.15) is 39.5 Å². The number of ketones is 1. The van der Waals surface area contributed by atoms with E-state index in [0.717, 1.165) is 106 Å². The lowest BCUT2D eigenvalue weighted by atomic mass is 9.87. The Kier molecular flexibility index (Phi) is 23.0. The Morgan fingerprint density at radius 1 is 0.437 bits per heavy atom. The molecule has 13 nitrogen and oxygen atoms in total. The summed E-state index contributed by atoms with van der Waals surface area (Å²) >= 11 is 0. The summed E-state index contributed by atoms with van der Waals surface area (Å²) < 4.78 is 131. The second-order valence-corrected chi connectivity index (χ2v) is 26.7. The number of hydrogen-bond donors (Lipinski definition) is 1. The van der Waals surface area contributed by atoms with Crippen molar-refractivity contribution in [1.82, 2.24) is 24.9 Å². The first-order valence-electron chi connectivity index (χ1n) is 31.0. The molecule has 486 valence electrons. The van der Waals surface area contributed by atoms with Gasteiger partial charge in [-0.1, -0.05) is 18.2 Å². The molecular formula is C65H93F9N8O5. The van der Waals surface area contributed by atoms with Gasteiger partial charge in [0, 0.05) is 107 Å². The molecule has 1 N–H and O–H groups in total. The topological polar surface area (TPSA) is 104 Å². The van der Waals surface area contributed by atoms with Gasteiger partial charge in [-0.3, -0.25) is 4.79 Å². The van der Waals surface area contributed by atoms with Crippen LogP contribution in [0.5, 0.6) is 0 Å². The highest BCUT2D eigenvalue weighted by molar-refractivity contribution is 5.81. The maximum atomic E-state index is 13.5. The van der Waals surface area contributed by atoms with Crippen LogP contribution in [-0.2, 0) is 32.8 Å². The van der Waals surface area contributed by atoms with Gasteiger partial charge < -0.3 is 49.1 Å². The first-order chi connectivity index (χ1) is 40.6. The quantitative estimate of drug-likeness (QED) is 0.218. The highest BCUT2D eigenvalue weighted by Crippen LogP contribution is 2.44. The minimum Gasteiger partial charge on any atom is -0.444 e. The Morgan fingerprint density at radius 3 is 1.00 bits per heavy atom. The highest BCUT2D eigenvalue weighted by atomic mass is 19.4. The number of likely N-dealkylation sites (tertiary alicyclic amines) is 2. The molecular weight excluding hydrogens is 1140 g/mol. The van der Waals surface area contributed by atoms with Crippen molar-refractivity contribution >= 4 is 35.0 Å². The molecule has 0 atom stereocenters. The van der Waals surface area contributed by atoms with Gasteiger partial charge in [-0.05, 0) is 218 Å². The van der Waals surface area contributed by atoms with Crippen molar-refractivity contribution in [2.75, 3.05) is 121 Å². The molecule has 22 heteroatoms. The maximum Gasteiger partial charge on any atom is 0.416 e. The van der Waals surface area contributed by atoms with E-state index < -0.39 is 46.4 Å². The number of ether oxygens (including phenoxy) is 2. The molecule has 0 aromatic heterocycles. The lowest BCUT2D eigenvalue weighted by molar-refractivity contribution is -0.138. The van der Waals surface area contributed by atoms with E-state index in [-0.39, 0.29) is 29.8 Å². The number of nitrogens with zero attached hydrogens (tertiary/aromatic N) is 7. The predicted molar refractivity (Wildman–Crippen MR) is 323 cm³/mol. The Balaban J connectivity index is 0.000000188. The van der Waals surface area contributed by atoms with E-state index in [1.54, 1.807) is 28.0 Å². The van der Waals surface area contributed by atoms with Gasteiger partial charge in [0.05, 0.1) is 16.7 Å². The SMILES string of the molecule is CC(C)(C)OC(=O)N1CCC(c2ccc(C(F)(F)F)cc2N2CCC(=O)CC2)CC1.CN(C)C1CCN(c2cc(C(F)(F)F)ccc2C2CCN(C(=O)OC(C)(C)C)CC2)CC1.CN(C)C1CCN(c2cc(C(F)(F)F)ccc2C2CCNCC2)CC1. The summed E-state index contributed by atoms with van der Waals surface area (Å²) in [6, 6.07) is 13.4. The lowest BCUT2D eigenvalue weighted by Crippen LogP contribution is -2.43. The number of nitrogens with one attached hydrogen (secondary N) is 1. The van der Waals surface area contributed by atoms with Crippen molar-refractivity contribution in [3.63, 3.8) is 0 Å². The summed E-state index contributed by atoms with van der Waals surface area (Å²) in [6.07, 6.45) is -4.47. The monoisotopic (exact) mass is 1240 g/mol. The normalized spacial score (nSPS) is 19.9. The second-order valence-electron chi connectivity index (χ2n) is 26.7. The van der Waals surface area contributed by atoms with Gasteiger partial charge in [-0.25, -0.2) is 9.59 Å². The molecule has 9 rings (SSSR count). The average molecular weight is 1240 g/mol. The second kappa shape index (κ2) is 29.0. The van der Waals surface area contributed by atoms with Crippen LogP contribution in [0, 0.1) is 0 Å². The summed E-state index contributed by atoms with van der Waals surface area (Å²) in [5.41, 5.74) is 2.06. The number of Topliss-reactive ketones (excluding diaryl/α,β-unsaturated/α-hetero) is 1. The van der Waals surface area contributed by atoms with Crippen molar-refractivity contribution in [3.05, 3.63) is 88.0 Å². The smallest absolute Gasteiger partial charge is 0.416 e. The summed E-state index contributed by atoms with van der Waals surface area (Å²) in [4.78, 5) is 50.2. The van der Waals surface area contributed by atoms with Crippen LogP contribution in [-0.4, -0.2) is 168 Å². The molecule has 6 fully saturated rings. The molecule has 6 heterocycles. The van der Waals surface area contributed by atoms with Crippen LogP contribution in [0.25, 0.3) is 0 Å². The van der Waals surface area contributed by atoms with E-state index in [0.29, 0.717) is 107 Å². The predicted octanol–water partition coefficient (Wildman–Crippen LogP) is 14.0. The molecule has 0 spiro atoms. The summed E-state index contributed by atoms with van der Waals surface area (Å²) in [7, 11) is 8.25. The minimum atomic E-state index is -4.42. The van der Waals surface area contributed by atoms with E-state index in [1.165, 1.54) is 30.3 Å². The molecule has 6 aliphatic heterocycles. The maximum absolute atomic E-state index is 13.5. The Hall–Kier alpha value is -5.48. The molecule has 2 amide bonds. The van der Waals surface area contributed by atoms with Gasteiger partial charge in [0.15, 0.2) is 0 Å². The molecule has 0 bridgehead atoms. The lowest BCUT2D eigenvalue weighted by Gasteiger charge is -2.39. The van der Waals surface area contributed by atoms with Crippen LogP contribution in [0.2, 0.25) is 0 Å².